The van der Waals surface area contributed by atoms with Gasteiger partial charge in [0, 0.05) is 28.3 Å². The Hall–Kier alpha value is -2.35. The highest BCUT2D eigenvalue weighted by molar-refractivity contribution is 6.31. The predicted molar refractivity (Wildman–Crippen MR) is 93.3 cm³/mol. The summed E-state index contributed by atoms with van der Waals surface area (Å²) in [6.45, 7) is 3.89. The van der Waals surface area contributed by atoms with Gasteiger partial charge in [0.05, 0.1) is 0 Å². The second-order valence-electron chi connectivity index (χ2n) is 7.58. The number of hydrogen-bond acceptors (Lipinski definition) is 4. The van der Waals surface area contributed by atoms with Gasteiger partial charge >= 0.3 is 6.18 Å². The van der Waals surface area contributed by atoms with E-state index in [1.165, 1.54) is 0 Å². The Labute approximate surface area is 158 Å². The van der Waals surface area contributed by atoms with Crippen LogP contribution in [0, 0.1) is 5.41 Å². The number of nitrogens with zero attached hydrogens (tertiary/aromatic N) is 3. The number of benzene rings is 1. The molecule has 1 unspecified atom stereocenters. The molecule has 1 aliphatic carbocycles. The van der Waals surface area contributed by atoms with Crippen molar-refractivity contribution < 1.29 is 18.0 Å². The van der Waals surface area contributed by atoms with Crippen LogP contribution in [0.1, 0.15) is 44.1 Å². The highest BCUT2D eigenvalue weighted by atomic mass is 35.5. The normalized spacial score (nSPS) is 21.6. The summed E-state index contributed by atoms with van der Waals surface area (Å²) < 4.78 is 40.7. The van der Waals surface area contributed by atoms with Crippen LogP contribution >= 0.6 is 11.6 Å². The van der Waals surface area contributed by atoms with Gasteiger partial charge in [-0.3, -0.25) is 4.79 Å². The average Bonchev–Trinajstić information content (AvgIpc) is 2.96. The summed E-state index contributed by atoms with van der Waals surface area (Å²) in [5.74, 6) is -1.43. The van der Waals surface area contributed by atoms with Crippen LogP contribution in [0.15, 0.2) is 35.5 Å². The summed E-state index contributed by atoms with van der Waals surface area (Å²) in [4.78, 5) is 16.5. The number of alkyl halides is 3. The zero-order valence-corrected chi connectivity index (χ0v) is 15.3. The molecule has 2 aromatic rings. The maximum absolute atomic E-state index is 13.2. The smallest absolute Gasteiger partial charge is 0.328 e. The number of halogens is 4. The van der Waals surface area contributed by atoms with E-state index in [1.807, 2.05) is 13.8 Å². The molecule has 0 bridgehead atoms. The lowest BCUT2D eigenvalue weighted by atomic mass is 9.73. The highest BCUT2D eigenvalue weighted by Gasteiger charge is 2.45. The number of rotatable bonds is 1. The molecular formula is C18H16ClF3N4O. The van der Waals surface area contributed by atoms with Gasteiger partial charge in [0.2, 0.25) is 5.95 Å². The van der Waals surface area contributed by atoms with Crippen molar-refractivity contribution in [2.24, 2.45) is 5.41 Å². The number of Topliss-reactive ketones (excluding diaryl/α,β-unsaturated/α-hetero) is 1. The van der Waals surface area contributed by atoms with Crippen LogP contribution in [0.5, 0.6) is 0 Å². The number of fused-ring (bicyclic) bond motifs is 1. The Bertz CT molecular complexity index is 977. The fraction of sp³-hybridized carbons (Fsp3) is 0.389. The molecule has 1 atom stereocenters. The van der Waals surface area contributed by atoms with Crippen molar-refractivity contribution in [1.82, 2.24) is 14.8 Å². The molecule has 5 nitrogen and oxygen atoms in total. The number of aromatic nitrogens is 3. The summed E-state index contributed by atoms with van der Waals surface area (Å²) in [7, 11) is 0. The Kier molecular flexibility index (Phi) is 3.89. The van der Waals surface area contributed by atoms with Crippen molar-refractivity contribution in [3.8, 4) is 0 Å². The minimum Gasteiger partial charge on any atom is -0.328 e. The number of allylic oxidation sites excluding steroid dienone is 2. The van der Waals surface area contributed by atoms with E-state index in [2.05, 4.69) is 15.4 Å². The van der Waals surface area contributed by atoms with Gasteiger partial charge in [-0.2, -0.15) is 18.2 Å². The first-order valence-corrected chi connectivity index (χ1v) is 8.76. The lowest BCUT2D eigenvalue weighted by Gasteiger charge is -2.38. The van der Waals surface area contributed by atoms with Gasteiger partial charge in [-0.1, -0.05) is 43.6 Å². The topological polar surface area (TPSA) is 59.8 Å². The molecule has 1 aromatic carbocycles. The molecule has 142 valence electrons. The number of carbonyl (C=O) groups is 1. The molecule has 2 heterocycles. The molecule has 0 fully saturated rings. The molecule has 1 aliphatic heterocycles. The van der Waals surface area contributed by atoms with Crippen LogP contribution in [0.2, 0.25) is 5.02 Å². The molecule has 0 spiro atoms. The van der Waals surface area contributed by atoms with Gasteiger partial charge in [-0.05, 0) is 17.9 Å². The van der Waals surface area contributed by atoms with E-state index in [0.29, 0.717) is 34.7 Å². The lowest BCUT2D eigenvalue weighted by molar-refractivity contribution is -0.145. The molecular weight excluding hydrogens is 381 g/mol. The van der Waals surface area contributed by atoms with Gasteiger partial charge in [0.15, 0.2) is 5.78 Å². The van der Waals surface area contributed by atoms with Crippen molar-refractivity contribution in [3.63, 3.8) is 0 Å². The second-order valence-corrected chi connectivity index (χ2v) is 7.99. The van der Waals surface area contributed by atoms with E-state index in [1.54, 1.807) is 24.3 Å². The summed E-state index contributed by atoms with van der Waals surface area (Å²) in [6.07, 6.45) is -3.88. The zero-order chi connectivity index (χ0) is 19.6. The molecule has 0 amide bonds. The third kappa shape index (κ3) is 3.01. The van der Waals surface area contributed by atoms with E-state index in [9.17, 15) is 18.0 Å². The molecule has 9 heteroatoms. The van der Waals surface area contributed by atoms with Crippen LogP contribution in [-0.2, 0) is 11.0 Å². The van der Waals surface area contributed by atoms with Crippen LogP contribution in [0.25, 0.3) is 0 Å². The first-order chi connectivity index (χ1) is 12.6. The number of nitrogens with one attached hydrogen (secondary N) is 1. The van der Waals surface area contributed by atoms with Crippen LogP contribution in [0.4, 0.5) is 19.1 Å². The lowest BCUT2D eigenvalue weighted by Crippen LogP contribution is -2.36. The first kappa shape index (κ1) is 18.0. The zero-order valence-electron chi connectivity index (χ0n) is 14.6. The van der Waals surface area contributed by atoms with Crippen molar-refractivity contribution in [1.29, 1.82) is 0 Å². The Morgan fingerprint density at radius 3 is 2.63 bits per heavy atom. The summed E-state index contributed by atoms with van der Waals surface area (Å²) in [6, 6.07) is 5.92. The maximum Gasteiger partial charge on any atom is 0.453 e. The van der Waals surface area contributed by atoms with E-state index in [0.717, 1.165) is 4.68 Å². The molecule has 4 rings (SSSR count). The van der Waals surface area contributed by atoms with E-state index in [-0.39, 0.29) is 17.1 Å². The number of anilines is 1. The van der Waals surface area contributed by atoms with Crippen molar-refractivity contribution in [2.45, 2.75) is 38.9 Å². The summed E-state index contributed by atoms with van der Waals surface area (Å²) in [5.41, 5.74) is 1.19. The largest absolute Gasteiger partial charge is 0.453 e. The fourth-order valence-corrected chi connectivity index (χ4v) is 3.95. The highest BCUT2D eigenvalue weighted by Crippen LogP contribution is 2.46. The van der Waals surface area contributed by atoms with Crippen molar-refractivity contribution >= 4 is 23.3 Å². The number of hydrogen-bond donors (Lipinski definition) is 1. The van der Waals surface area contributed by atoms with Crippen molar-refractivity contribution in [2.75, 3.05) is 5.32 Å². The van der Waals surface area contributed by atoms with Gasteiger partial charge in [-0.25, -0.2) is 4.68 Å². The minimum atomic E-state index is -4.69. The molecule has 1 aromatic heterocycles. The molecule has 0 saturated heterocycles. The summed E-state index contributed by atoms with van der Waals surface area (Å²) >= 11 is 6.32. The molecule has 0 radical (unpaired) electrons. The van der Waals surface area contributed by atoms with Crippen LogP contribution in [0.3, 0.4) is 0 Å². The summed E-state index contributed by atoms with van der Waals surface area (Å²) in [5, 5.41) is 6.91. The fourth-order valence-electron chi connectivity index (χ4n) is 3.71. The molecule has 27 heavy (non-hydrogen) atoms. The number of carbonyl (C=O) groups excluding carboxylic acids is 1. The SMILES string of the molecule is CC1(C)CC(=O)C2=C(C1)Nc1nc(C(F)(F)F)nn1C2c1ccccc1Cl. The van der Waals surface area contributed by atoms with Gasteiger partial charge in [0.1, 0.15) is 6.04 Å². The average molecular weight is 397 g/mol. The van der Waals surface area contributed by atoms with E-state index in [4.69, 9.17) is 11.6 Å². The second kappa shape index (κ2) is 5.82. The quantitative estimate of drug-likeness (QED) is 0.764. The van der Waals surface area contributed by atoms with Gasteiger partial charge < -0.3 is 5.32 Å². The third-order valence-electron chi connectivity index (χ3n) is 4.79. The Morgan fingerprint density at radius 1 is 1.26 bits per heavy atom. The van der Waals surface area contributed by atoms with Crippen LogP contribution in [-0.4, -0.2) is 20.5 Å². The minimum absolute atomic E-state index is 0.0449. The van der Waals surface area contributed by atoms with Crippen LogP contribution < -0.4 is 5.32 Å². The Morgan fingerprint density at radius 2 is 1.96 bits per heavy atom. The monoisotopic (exact) mass is 396 g/mol. The standard InChI is InChI=1S/C18H16ClF3N4O/c1-17(2)7-11-13(12(27)8-17)14(9-5-3-4-6-10(9)19)26-16(23-11)24-15(25-26)18(20,21)22/h3-6,14H,7-8H2,1-2H3,(H,23,24,25). The van der Waals surface area contributed by atoms with E-state index < -0.39 is 18.0 Å². The Balaban J connectivity index is 1.95. The van der Waals surface area contributed by atoms with Crippen molar-refractivity contribution in [3.05, 3.63) is 51.9 Å². The molecule has 2 aliphatic rings. The van der Waals surface area contributed by atoms with Gasteiger partial charge in [-0.15, -0.1) is 5.10 Å². The van der Waals surface area contributed by atoms with E-state index >= 15 is 0 Å². The first-order valence-electron chi connectivity index (χ1n) is 8.38. The molecule has 1 N–H and O–H groups in total. The van der Waals surface area contributed by atoms with Gasteiger partial charge in [0.25, 0.3) is 5.82 Å². The number of ketones is 1. The predicted octanol–water partition coefficient (Wildman–Crippen LogP) is 4.61. The molecule has 0 saturated carbocycles. The maximum atomic E-state index is 13.2. The third-order valence-corrected chi connectivity index (χ3v) is 5.13.